The second kappa shape index (κ2) is 12.7. The minimum absolute atomic E-state index is 0.0752. The van der Waals surface area contributed by atoms with Crippen LogP contribution in [-0.4, -0.2) is 22.9 Å². The molecule has 4 nitrogen and oxygen atoms in total. The predicted molar refractivity (Wildman–Crippen MR) is 131 cm³/mol. The normalized spacial score (nSPS) is 11.0. The lowest BCUT2D eigenvalue weighted by atomic mass is 10.0. The molecule has 0 radical (unpaired) electrons. The first kappa shape index (κ1) is 23.6. The summed E-state index contributed by atoms with van der Waals surface area (Å²) in [7, 11) is 0. The number of carboxylic acids is 1. The van der Waals surface area contributed by atoms with Crippen molar-refractivity contribution in [2.75, 3.05) is 0 Å². The van der Waals surface area contributed by atoms with E-state index in [4.69, 9.17) is 0 Å². The molecule has 0 spiro atoms. The van der Waals surface area contributed by atoms with E-state index in [9.17, 15) is 14.7 Å². The Morgan fingerprint density at radius 1 is 0.606 bits per heavy atom. The maximum absolute atomic E-state index is 11.8. The molecule has 4 rings (SSSR count). The van der Waals surface area contributed by atoms with Crippen molar-refractivity contribution in [1.82, 2.24) is 5.32 Å². The third kappa shape index (κ3) is 7.87. The number of carbonyl (C=O) groups is 2. The van der Waals surface area contributed by atoms with Crippen LogP contribution in [0, 0.1) is 0 Å². The molecule has 166 valence electrons. The van der Waals surface area contributed by atoms with Gasteiger partial charge < -0.3 is 10.4 Å². The molecule has 0 aliphatic rings. The van der Waals surface area contributed by atoms with E-state index >= 15 is 0 Å². The number of carboxylic acid groups (broad SMARTS) is 1. The maximum atomic E-state index is 11.8. The monoisotopic (exact) mass is 437 g/mol. The summed E-state index contributed by atoms with van der Waals surface area (Å²) >= 11 is 0. The molecule has 4 heteroatoms. The largest absolute Gasteiger partial charge is 0.480 e. The Kier molecular flexibility index (Phi) is 9.13. The Hall–Kier alpha value is -4.02. The van der Waals surface area contributed by atoms with Gasteiger partial charge in [-0.1, -0.05) is 121 Å². The molecule has 0 fully saturated rings. The van der Waals surface area contributed by atoms with Gasteiger partial charge in [-0.05, 0) is 17.5 Å². The molecule has 1 atom stereocenters. The van der Waals surface area contributed by atoms with E-state index < -0.39 is 12.0 Å². The van der Waals surface area contributed by atoms with Crippen molar-refractivity contribution in [3.8, 4) is 0 Å². The minimum Gasteiger partial charge on any atom is -0.480 e. The average Bonchev–Trinajstić information content (AvgIpc) is 2.88. The summed E-state index contributed by atoms with van der Waals surface area (Å²) < 4.78 is 0. The SMILES string of the molecule is O=C(O)[C@H](Cc1ccccc1)NCc1ccccc1.O=C(c1ccccc1)c1ccccc1. The maximum Gasteiger partial charge on any atom is 0.321 e. The third-order valence-corrected chi connectivity index (χ3v) is 5.05. The number of rotatable bonds is 8. The second-order valence-electron chi connectivity index (χ2n) is 7.51. The predicted octanol–water partition coefficient (Wildman–Crippen LogP) is 5.39. The van der Waals surface area contributed by atoms with Gasteiger partial charge in [-0.2, -0.15) is 0 Å². The van der Waals surface area contributed by atoms with E-state index in [-0.39, 0.29) is 5.78 Å². The van der Waals surface area contributed by atoms with Gasteiger partial charge in [0.25, 0.3) is 0 Å². The van der Waals surface area contributed by atoms with Gasteiger partial charge >= 0.3 is 5.97 Å². The van der Waals surface area contributed by atoms with E-state index in [0.717, 1.165) is 22.3 Å². The fourth-order valence-electron chi connectivity index (χ4n) is 3.28. The van der Waals surface area contributed by atoms with Crippen LogP contribution >= 0.6 is 0 Å². The van der Waals surface area contributed by atoms with Crippen molar-refractivity contribution < 1.29 is 14.7 Å². The van der Waals surface area contributed by atoms with Gasteiger partial charge in [0, 0.05) is 17.7 Å². The highest BCUT2D eigenvalue weighted by atomic mass is 16.4. The molecular formula is C29H27NO3. The molecule has 0 saturated carbocycles. The van der Waals surface area contributed by atoms with Gasteiger partial charge in [-0.25, -0.2) is 0 Å². The van der Waals surface area contributed by atoms with Crippen LogP contribution in [0.4, 0.5) is 0 Å². The molecule has 2 N–H and O–H groups in total. The second-order valence-corrected chi connectivity index (χ2v) is 7.51. The first-order valence-corrected chi connectivity index (χ1v) is 10.8. The summed E-state index contributed by atoms with van der Waals surface area (Å²) in [6.07, 6.45) is 0.489. The van der Waals surface area contributed by atoms with Crippen LogP contribution in [0.2, 0.25) is 0 Å². The summed E-state index contributed by atoms with van der Waals surface area (Å²) in [4.78, 5) is 23.1. The van der Waals surface area contributed by atoms with Gasteiger partial charge in [0.15, 0.2) is 5.78 Å². The molecule has 33 heavy (non-hydrogen) atoms. The molecule has 0 amide bonds. The van der Waals surface area contributed by atoms with Crippen LogP contribution in [0.1, 0.15) is 27.0 Å². The number of aliphatic carboxylic acids is 1. The fourth-order valence-corrected chi connectivity index (χ4v) is 3.28. The first-order chi connectivity index (χ1) is 16.1. The van der Waals surface area contributed by atoms with E-state index in [0.29, 0.717) is 13.0 Å². The van der Waals surface area contributed by atoms with Crippen LogP contribution in [0.3, 0.4) is 0 Å². The summed E-state index contributed by atoms with van der Waals surface area (Å²) in [6.45, 7) is 0.560. The molecule has 0 bridgehead atoms. The Labute approximate surface area is 194 Å². The van der Waals surface area contributed by atoms with E-state index in [1.807, 2.05) is 121 Å². The van der Waals surface area contributed by atoms with E-state index in [1.54, 1.807) is 0 Å². The standard InChI is InChI=1S/C16H17NO2.C13H10O/c18-16(19)15(11-13-7-3-1-4-8-13)17-12-14-9-5-2-6-10-14;14-13(11-7-3-1-4-8-11)12-9-5-2-6-10-12/h1-10,15,17H,11-12H2,(H,18,19);1-10H/t15-;/m0./s1. The third-order valence-electron chi connectivity index (χ3n) is 5.05. The minimum atomic E-state index is -0.820. The molecule has 0 unspecified atom stereocenters. The van der Waals surface area contributed by atoms with Crippen molar-refractivity contribution >= 4 is 11.8 Å². The van der Waals surface area contributed by atoms with Gasteiger partial charge in [0.05, 0.1) is 0 Å². The molecule has 0 heterocycles. The summed E-state index contributed by atoms with van der Waals surface area (Å²) in [5.41, 5.74) is 3.58. The van der Waals surface area contributed by atoms with Gasteiger partial charge in [0.2, 0.25) is 0 Å². The van der Waals surface area contributed by atoms with Crippen LogP contribution in [0.5, 0.6) is 0 Å². The molecular weight excluding hydrogens is 410 g/mol. The van der Waals surface area contributed by atoms with Crippen LogP contribution < -0.4 is 5.32 Å². The first-order valence-electron chi connectivity index (χ1n) is 10.8. The fraction of sp³-hybridized carbons (Fsp3) is 0.103. The highest BCUT2D eigenvalue weighted by Gasteiger charge is 2.16. The summed E-state index contributed by atoms with van der Waals surface area (Å²) in [5.74, 6) is -0.744. The molecule has 0 aliphatic heterocycles. The summed E-state index contributed by atoms with van der Waals surface area (Å²) in [6, 6.07) is 37.5. The Morgan fingerprint density at radius 2 is 1.00 bits per heavy atom. The Morgan fingerprint density at radius 3 is 1.42 bits per heavy atom. The zero-order chi connectivity index (χ0) is 23.3. The van der Waals surface area contributed by atoms with E-state index in [1.165, 1.54) is 0 Å². The zero-order valence-electron chi connectivity index (χ0n) is 18.3. The Bertz CT molecular complexity index is 1070. The highest BCUT2D eigenvalue weighted by molar-refractivity contribution is 6.08. The Balaban J connectivity index is 0.000000194. The van der Waals surface area contributed by atoms with Crippen LogP contribution in [0.25, 0.3) is 0 Å². The lowest BCUT2D eigenvalue weighted by Crippen LogP contribution is -2.38. The van der Waals surface area contributed by atoms with Crippen molar-refractivity contribution in [3.05, 3.63) is 144 Å². The molecule has 0 saturated heterocycles. The highest BCUT2D eigenvalue weighted by Crippen LogP contribution is 2.08. The zero-order valence-corrected chi connectivity index (χ0v) is 18.3. The molecule has 0 aliphatic carbocycles. The van der Waals surface area contributed by atoms with E-state index in [2.05, 4.69) is 5.32 Å². The van der Waals surface area contributed by atoms with Crippen molar-refractivity contribution in [1.29, 1.82) is 0 Å². The summed E-state index contributed by atoms with van der Waals surface area (Å²) in [5, 5.41) is 12.3. The number of hydrogen-bond acceptors (Lipinski definition) is 3. The smallest absolute Gasteiger partial charge is 0.321 e. The van der Waals surface area contributed by atoms with Gasteiger partial charge in [0.1, 0.15) is 6.04 Å². The topological polar surface area (TPSA) is 66.4 Å². The van der Waals surface area contributed by atoms with Crippen molar-refractivity contribution in [3.63, 3.8) is 0 Å². The number of benzene rings is 4. The van der Waals surface area contributed by atoms with Crippen LogP contribution in [-0.2, 0) is 17.8 Å². The quantitative estimate of drug-likeness (QED) is 0.363. The number of ketones is 1. The lowest BCUT2D eigenvalue weighted by molar-refractivity contribution is -0.139. The molecule has 4 aromatic carbocycles. The number of carbonyl (C=O) groups excluding carboxylic acids is 1. The number of nitrogens with one attached hydrogen (secondary N) is 1. The van der Waals surface area contributed by atoms with Crippen molar-refractivity contribution in [2.24, 2.45) is 0 Å². The van der Waals surface area contributed by atoms with Gasteiger partial charge in [-0.3, -0.25) is 9.59 Å². The van der Waals surface area contributed by atoms with Gasteiger partial charge in [-0.15, -0.1) is 0 Å². The van der Waals surface area contributed by atoms with Crippen molar-refractivity contribution in [2.45, 2.75) is 19.0 Å². The average molecular weight is 438 g/mol. The number of hydrogen-bond donors (Lipinski definition) is 2. The lowest BCUT2D eigenvalue weighted by Gasteiger charge is -2.14. The van der Waals surface area contributed by atoms with Crippen LogP contribution in [0.15, 0.2) is 121 Å². The molecule has 0 aromatic heterocycles. The molecule has 4 aromatic rings.